The highest BCUT2D eigenvalue weighted by molar-refractivity contribution is 5.83. The van der Waals surface area contributed by atoms with Gasteiger partial charge in [-0.3, -0.25) is 0 Å². The number of hydrogen-bond acceptors (Lipinski definition) is 2. The van der Waals surface area contributed by atoms with Gasteiger partial charge in [0, 0.05) is 6.08 Å². The topological polar surface area (TPSA) is 26.3 Å². The van der Waals surface area contributed by atoms with Gasteiger partial charge in [0.2, 0.25) is 0 Å². The summed E-state index contributed by atoms with van der Waals surface area (Å²) in [5.41, 5.74) is 0.955. The molecule has 0 aliphatic carbocycles. The first-order chi connectivity index (χ1) is 9.45. The third-order valence-electron chi connectivity index (χ3n) is 3.32. The first-order valence-corrected chi connectivity index (χ1v) is 7.97. The van der Waals surface area contributed by atoms with E-state index in [4.69, 9.17) is 4.74 Å². The van der Waals surface area contributed by atoms with E-state index in [1.807, 2.05) is 19.9 Å². The first kappa shape index (κ1) is 18.9. The molecule has 0 amide bonds. The summed E-state index contributed by atoms with van der Waals surface area (Å²) in [4.78, 5) is 11.2. The van der Waals surface area contributed by atoms with Crippen LogP contribution in [-0.4, -0.2) is 12.6 Å². The van der Waals surface area contributed by atoms with Crippen molar-refractivity contribution in [3.63, 3.8) is 0 Å². The van der Waals surface area contributed by atoms with Crippen LogP contribution in [0, 0.1) is 11.8 Å². The Morgan fingerprint density at radius 2 is 1.85 bits per heavy atom. The Bertz CT molecular complexity index is 313. The Morgan fingerprint density at radius 1 is 1.15 bits per heavy atom. The van der Waals surface area contributed by atoms with Gasteiger partial charge in [-0.15, -0.1) is 0 Å². The molecule has 0 saturated heterocycles. The van der Waals surface area contributed by atoms with Crippen molar-refractivity contribution in [2.45, 2.75) is 66.7 Å². The van der Waals surface area contributed by atoms with Crippen molar-refractivity contribution in [1.82, 2.24) is 0 Å². The Morgan fingerprint density at radius 3 is 2.45 bits per heavy atom. The summed E-state index contributed by atoms with van der Waals surface area (Å²) >= 11 is 0. The van der Waals surface area contributed by atoms with Gasteiger partial charge in [0.25, 0.3) is 0 Å². The molecular formula is C18H32O2. The van der Waals surface area contributed by atoms with Crippen molar-refractivity contribution in [3.05, 3.63) is 23.8 Å². The monoisotopic (exact) mass is 280 g/mol. The van der Waals surface area contributed by atoms with Gasteiger partial charge < -0.3 is 4.74 Å². The van der Waals surface area contributed by atoms with E-state index in [1.165, 1.54) is 25.7 Å². The fourth-order valence-electron chi connectivity index (χ4n) is 2.09. The zero-order chi connectivity index (χ0) is 15.4. The van der Waals surface area contributed by atoms with E-state index >= 15 is 0 Å². The maximum atomic E-state index is 11.2. The molecule has 2 heteroatoms. The average Bonchev–Trinajstić information content (AvgIpc) is 2.34. The number of ether oxygens (including phenoxy) is 1. The summed E-state index contributed by atoms with van der Waals surface area (Å²) < 4.78 is 4.87. The van der Waals surface area contributed by atoms with Gasteiger partial charge >= 0.3 is 5.97 Å². The standard InChI is InChI=1S/C18H32O2/c1-6-20-18(19)14-17(5)12-8-7-11-16(4)13-9-10-15(2)3/h8,12,14-16H,6-7,9-11,13H2,1-5H3. The zero-order valence-corrected chi connectivity index (χ0v) is 13.9. The highest BCUT2D eigenvalue weighted by Crippen LogP contribution is 2.17. The Kier molecular flexibility index (Phi) is 11.1. The van der Waals surface area contributed by atoms with Crippen LogP contribution in [0.2, 0.25) is 0 Å². The van der Waals surface area contributed by atoms with E-state index < -0.39 is 0 Å². The molecule has 1 unspecified atom stereocenters. The minimum Gasteiger partial charge on any atom is -0.463 e. The Balaban J connectivity index is 3.81. The molecule has 0 aromatic rings. The van der Waals surface area contributed by atoms with Gasteiger partial charge in [0.15, 0.2) is 0 Å². The normalized spacial score (nSPS) is 14.0. The number of carbonyl (C=O) groups excluding carboxylic acids is 1. The minimum absolute atomic E-state index is 0.253. The minimum atomic E-state index is -0.253. The molecule has 0 bridgehead atoms. The van der Waals surface area contributed by atoms with Crippen molar-refractivity contribution in [2.24, 2.45) is 11.8 Å². The summed E-state index contributed by atoms with van der Waals surface area (Å²) in [6.45, 7) is 11.1. The molecule has 0 aromatic heterocycles. The molecule has 2 nitrogen and oxygen atoms in total. The maximum Gasteiger partial charge on any atom is 0.330 e. The zero-order valence-electron chi connectivity index (χ0n) is 13.9. The maximum absolute atomic E-state index is 11.2. The summed E-state index contributed by atoms with van der Waals surface area (Å²) in [6.07, 6.45) is 12.0. The number of esters is 1. The molecule has 0 fully saturated rings. The van der Waals surface area contributed by atoms with Crippen molar-refractivity contribution in [1.29, 1.82) is 0 Å². The molecule has 20 heavy (non-hydrogen) atoms. The van der Waals surface area contributed by atoms with Gasteiger partial charge in [-0.1, -0.05) is 52.2 Å². The quantitative estimate of drug-likeness (QED) is 0.308. The third-order valence-corrected chi connectivity index (χ3v) is 3.32. The van der Waals surface area contributed by atoms with E-state index in [9.17, 15) is 4.79 Å². The Hall–Kier alpha value is -1.05. The van der Waals surface area contributed by atoms with Crippen LogP contribution in [0.5, 0.6) is 0 Å². The lowest BCUT2D eigenvalue weighted by atomic mass is 9.96. The summed E-state index contributed by atoms with van der Waals surface area (Å²) in [6, 6.07) is 0. The predicted octanol–water partition coefficient (Wildman–Crippen LogP) is 5.29. The molecule has 116 valence electrons. The van der Waals surface area contributed by atoms with Crippen molar-refractivity contribution in [3.8, 4) is 0 Å². The molecule has 0 saturated carbocycles. The van der Waals surface area contributed by atoms with Crippen LogP contribution < -0.4 is 0 Å². The van der Waals surface area contributed by atoms with Crippen LogP contribution >= 0.6 is 0 Å². The van der Waals surface area contributed by atoms with Crippen molar-refractivity contribution in [2.75, 3.05) is 6.61 Å². The number of allylic oxidation sites excluding steroid dienone is 3. The lowest BCUT2D eigenvalue weighted by Gasteiger charge is -2.10. The fraction of sp³-hybridized carbons (Fsp3) is 0.722. The smallest absolute Gasteiger partial charge is 0.330 e. The van der Waals surface area contributed by atoms with Crippen LogP contribution in [0.4, 0.5) is 0 Å². The molecule has 1 atom stereocenters. The number of rotatable bonds is 10. The molecule has 0 spiro atoms. The lowest BCUT2D eigenvalue weighted by Crippen LogP contribution is -1.99. The molecule has 0 N–H and O–H groups in total. The molecular weight excluding hydrogens is 248 g/mol. The second-order valence-corrected chi connectivity index (χ2v) is 6.05. The van der Waals surface area contributed by atoms with Crippen LogP contribution in [0.15, 0.2) is 23.8 Å². The van der Waals surface area contributed by atoms with Crippen LogP contribution in [0.25, 0.3) is 0 Å². The largest absolute Gasteiger partial charge is 0.463 e. The summed E-state index contributed by atoms with van der Waals surface area (Å²) in [5, 5.41) is 0. The van der Waals surface area contributed by atoms with Crippen LogP contribution in [0.3, 0.4) is 0 Å². The van der Waals surface area contributed by atoms with Crippen LogP contribution in [-0.2, 0) is 9.53 Å². The van der Waals surface area contributed by atoms with Crippen molar-refractivity contribution < 1.29 is 9.53 Å². The molecule has 0 aliphatic heterocycles. The molecule has 0 rings (SSSR count). The number of carbonyl (C=O) groups is 1. The van der Waals surface area contributed by atoms with E-state index in [-0.39, 0.29) is 5.97 Å². The van der Waals surface area contributed by atoms with Gasteiger partial charge in [0.1, 0.15) is 0 Å². The third kappa shape index (κ3) is 12.0. The van der Waals surface area contributed by atoms with Gasteiger partial charge in [-0.25, -0.2) is 4.79 Å². The predicted molar refractivity (Wildman–Crippen MR) is 86.6 cm³/mol. The fourth-order valence-corrected chi connectivity index (χ4v) is 2.09. The second kappa shape index (κ2) is 11.7. The summed E-state index contributed by atoms with van der Waals surface area (Å²) in [7, 11) is 0. The SMILES string of the molecule is CCOC(=O)C=C(C)C=CCCC(C)CCCC(C)C. The van der Waals surface area contributed by atoms with E-state index in [0.29, 0.717) is 6.61 Å². The highest BCUT2D eigenvalue weighted by Gasteiger charge is 2.02. The van der Waals surface area contributed by atoms with E-state index in [2.05, 4.69) is 26.8 Å². The molecule has 0 heterocycles. The summed E-state index contributed by atoms with van der Waals surface area (Å²) in [5.74, 6) is 1.35. The molecule has 0 aromatic carbocycles. The molecule has 0 radical (unpaired) electrons. The van der Waals surface area contributed by atoms with Crippen molar-refractivity contribution >= 4 is 5.97 Å². The molecule has 0 aliphatic rings. The van der Waals surface area contributed by atoms with Gasteiger partial charge in [0.05, 0.1) is 6.61 Å². The lowest BCUT2D eigenvalue weighted by molar-refractivity contribution is -0.137. The average molecular weight is 280 g/mol. The first-order valence-electron chi connectivity index (χ1n) is 7.97. The van der Waals surface area contributed by atoms with E-state index in [1.54, 1.807) is 6.08 Å². The Labute approximate surface area is 125 Å². The van der Waals surface area contributed by atoms with Gasteiger partial charge in [-0.05, 0) is 44.1 Å². The van der Waals surface area contributed by atoms with Crippen LogP contribution in [0.1, 0.15) is 66.7 Å². The number of hydrogen-bond donors (Lipinski definition) is 0. The van der Waals surface area contributed by atoms with Gasteiger partial charge in [-0.2, -0.15) is 0 Å². The van der Waals surface area contributed by atoms with E-state index in [0.717, 1.165) is 23.8 Å². The second-order valence-electron chi connectivity index (χ2n) is 6.05. The highest BCUT2D eigenvalue weighted by atomic mass is 16.5.